The molecule has 124 valence electrons. The third-order valence-corrected chi connectivity index (χ3v) is 4.21. The van der Waals surface area contributed by atoms with Crippen molar-refractivity contribution in [1.82, 2.24) is 15.5 Å². The summed E-state index contributed by atoms with van der Waals surface area (Å²) >= 11 is 0. The quantitative estimate of drug-likeness (QED) is 0.412. The average Bonchev–Trinajstić information content (AvgIpc) is 2.96. The van der Waals surface area contributed by atoms with Gasteiger partial charge in [0.2, 0.25) is 0 Å². The lowest BCUT2D eigenvalue weighted by Gasteiger charge is -2.30. The number of halogens is 1. The van der Waals surface area contributed by atoms with Crippen LogP contribution in [0.3, 0.4) is 0 Å². The maximum Gasteiger partial charge on any atom is 0.191 e. The van der Waals surface area contributed by atoms with Crippen molar-refractivity contribution in [3.05, 3.63) is 0 Å². The first-order valence-electron chi connectivity index (χ1n) is 8.06. The number of rotatable bonds is 5. The van der Waals surface area contributed by atoms with E-state index in [1.54, 1.807) is 0 Å². The third kappa shape index (κ3) is 7.15. The Bertz CT molecular complexity index is 308. The van der Waals surface area contributed by atoms with E-state index in [0.29, 0.717) is 6.10 Å². The van der Waals surface area contributed by atoms with Gasteiger partial charge in [-0.05, 0) is 38.1 Å². The van der Waals surface area contributed by atoms with Crippen molar-refractivity contribution in [3.8, 4) is 0 Å². The summed E-state index contributed by atoms with van der Waals surface area (Å²) < 4.78 is 5.61. The summed E-state index contributed by atoms with van der Waals surface area (Å²) in [6, 6.07) is 0. The first-order chi connectivity index (χ1) is 9.78. The minimum atomic E-state index is 0. The van der Waals surface area contributed by atoms with Crippen LogP contribution in [0.25, 0.3) is 0 Å². The lowest BCUT2D eigenvalue weighted by Crippen LogP contribution is -2.45. The fourth-order valence-corrected chi connectivity index (χ4v) is 3.06. The Morgan fingerprint density at radius 3 is 2.81 bits per heavy atom. The Kier molecular flexibility index (Phi) is 9.59. The summed E-state index contributed by atoms with van der Waals surface area (Å²) in [7, 11) is 1.83. The molecule has 0 radical (unpaired) electrons. The van der Waals surface area contributed by atoms with Crippen LogP contribution in [0.1, 0.15) is 32.6 Å². The lowest BCUT2D eigenvalue weighted by atomic mass is 10.0. The van der Waals surface area contributed by atoms with Crippen LogP contribution in [0.15, 0.2) is 4.99 Å². The highest BCUT2D eigenvalue weighted by Gasteiger charge is 2.17. The molecule has 0 aromatic heterocycles. The van der Waals surface area contributed by atoms with Crippen LogP contribution in [0.5, 0.6) is 0 Å². The van der Waals surface area contributed by atoms with Gasteiger partial charge in [-0.25, -0.2) is 0 Å². The SMILES string of the molecule is CN=C(NCCN1CCCC(C)C1)NCC1CCCO1.I. The molecule has 0 aromatic carbocycles. The maximum atomic E-state index is 5.61. The standard InChI is InChI=1S/C15H30N4O.HI/c1-13-5-3-8-19(12-13)9-7-17-15(16-2)18-11-14-6-4-10-20-14;/h13-14H,3-12H2,1-2H3,(H2,16,17,18);1H. The molecule has 0 aromatic rings. The Labute approximate surface area is 146 Å². The van der Waals surface area contributed by atoms with Crippen molar-refractivity contribution in [3.63, 3.8) is 0 Å². The highest BCUT2D eigenvalue weighted by Crippen LogP contribution is 2.14. The van der Waals surface area contributed by atoms with E-state index >= 15 is 0 Å². The summed E-state index contributed by atoms with van der Waals surface area (Å²) in [5.41, 5.74) is 0. The molecule has 2 fully saturated rings. The van der Waals surface area contributed by atoms with Gasteiger partial charge in [0.15, 0.2) is 5.96 Å². The van der Waals surface area contributed by atoms with Crippen LogP contribution in [-0.4, -0.2) is 63.3 Å². The van der Waals surface area contributed by atoms with E-state index in [2.05, 4.69) is 27.4 Å². The average molecular weight is 410 g/mol. The summed E-state index contributed by atoms with van der Waals surface area (Å²) in [6.07, 6.45) is 5.43. The smallest absolute Gasteiger partial charge is 0.191 e. The second kappa shape index (κ2) is 10.6. The van der Waals surface area contributed by atoms with Crippen molar-refractivity contribution in [2.24, 2.45) is 10.9 Å². The molecule has 0 spiro atoms. The van der Waals surface area contributed by atoms with Crippen LogP contribution < -0.4 is 10.6 Å². The van der Waals surface area contributed by atoms with Gasteiger partial charge in [-0.2, -0.15) is 0 Å². The van der Waals surface area contributed by atoms with Gasteiger partial charge < -0.3 is 20.3 Å². The number of aliphatic imine (C=N–C) groups is 1. The van der Waals surface area contributed by atoms with Gasteiger partial charge >= 0.3 is 0 Å². The molecule has 2 atom stereocenters. The number of nitrogens with zero attached hydrogens (tertiary/aromatic N) is 2. The largest absolute Gasteiger partial charge is 0.376 e. The molecule has 6 heteroatoms. The molecule has 2 N–H and O–H groups in total. The summed E-state index contributed by atoms with van der Waals surface area (Å²) in [5, 5.41) is 6.75. The molecule has 2 rings (SSSR count). The Hall–Kier alpha value is -0.0800. The van der Waals surface area contributed by atoms with Crippen LogP contribution in [0, 0.1) is 5.92 Å². The number of likely N-dealkylation sites (tertiary alicyclic amines) is 1. The van der Waals surface area contributed by atoms with Gasteiger partial charge in [0.25, 0.3) is 0 Å². The molecule has 0 bridgehead atoms. The number of ether oxygens (including phenoxy) is 1. The van der Waals surface area contributed by atoms with E-state index in [1.165, 1.54) is 32.4 Å². The third-order valence-electron chi connectivity index (χ3n) is 4.21. The molecular weight excluding hydrogens is 379 g/mol. The molecule has 0 aliphatic carbocycles. The van der Waals surface area contributed by atoms with Crippen molar-refractivity contribution in [2.45, 2.75) is 38.7 Å². The number of nitrogens with one attached hydrogen (secondary N) is 2. The zero-order valence-electron chi connectivity index (χ0n) is 13.4. The second-order valence-corrected chi connectivity index (χ2v) is 6.06. The molecular formula is C15H31IN4O. The number of guanidine groups is 1. The molecule has 2 saturated heterocycles. The highest BCUT2D eigenvalue weighted by atomic mass is 127. The van der Waals surface area contributed by atoms with Crippen LogP contribution >= 0.6 is 24.0 Å². The van der Waals surface area contributed by atoms with Gasteiger partial charge in [0, 0.05) is 39.8 Å². The number of hydrogen-bond acceptors (Lipinski definition) is 3. The lowest BCUT2D eigenvalue weighted by molar-refractivity contribution is 0.113. The Morgan fingerprint density at radius 2 is 2.14 bits per heavy atom. The first-order valence-corrected chi connectivity index (χ1v) is 8.06. The van der Waals surface area contributed by atoms with E-state index in [1.807, 2.05) is 7.05 Å². The predicted molar refractivity (Wildman–Crippen MR) is 98.6 cm³/mol. The Balaban J connectivity index is 0.00000220. The van der Waals surface area contributed by atoms with E-state index in [-0.39, 0.29) is 24.0 Å². The minimum absolute atomic E-state index is 0. The topological polar surface area (TPSA) is 48.9 Å². The molecule has 5 nitrogen and oxygen atoms in total. The van der Waals surface area contributed by atoms with Crippen LogP contribution in [-0.2, 0) is 4.74 Å². The molecule has 0 saturated carbocycles. The minimum Gasteiger partial charge on any atom is -0.376 e. The summed E-state index contributed by atoms with van der Waals surface area (Å²) in [4.78, 5) is 6.82. The van der Waals surface area contributed by atoms with E-state index < -0.39 is 0 Å². The molecule has 2 unspecified atom stereocenters. The van der Waals surface area contributed by atoms with Crippen molar-refractivity contribution < 1.29 is 4.74 Å². The maximum absolute atomic E-state index is 5.61. The molecule has 2 heterocycles. The first kappa shape index (κ1) is 19.0. The van der Waals surface area contributed by atoms with Crippen molar-refractivity contribution in [2.75, 3.05) is 46.4 Å². The molecule has 21 heavy (non-hydrogen) atoms. The fraction of sp³-hybridized carbons (Fsp3) is 0.933. The van der Waals surface area contributed by atoms with Gasteiger partial charge in [0.05, 0.1) is 6.10 Å². The van der Waals surface area contributed by atoms with Gasteiger partial charge in [-0.3, -0.25) is 4.99 Å². The zero-order valence-corrected chi connectivity index (χ0v) is 15.8. The van der Waals surface area contributed by atoms with Gasteiger partial charge in [-0.15, -0.1) is 24.0 Å². The van der Waals surface area contributed by atoms with E-state index in [4.69, 9.17) is 4.74 Å². The van der Waals surface area contributed by atoms with Gasteiger partial charge in [0.1, 0.15) is 0 Å². The van der Waals surface area contributed by atoms with Crippen LogP contribution in [0.4, 0.5) is 0 Å². The summed E-state index contributed by atoms with van der Waals surface area (Å²) in [5.74, 6) is 1.74. The number of hydrogen-bond donors (Lipinski definition) is 2. The number of piperidine rings is 1. The normalized spacial score (nSPS) is 27.2. The predicted octanol–water partition coefficient (Wildman–Crippen LogP) is 1.68. The Morgan fingerprint density at radius 1 is 1.29 bits per heavy atom. The van der Waals surface area contributed by atoms with Crippen molar-refractivity contribution >= 4 is 29.9 Å². The van der Waals surface area contributed by atoms with E-state index in [9.17, 15) is 0 Å². The second-order valence-electron chi connectivity index (χ2n) is 6.06. The molecule has 2 aliphatic rings. The summed E-state index contributed by atoms with van der Waals surface area (Å²) in [6.45, 7) is 8.66. The molecule has 2 aliphatic heterocycles. The zero-order chi connectivity index (χ0) is 14.2. The monoisotopic (exact) mass is 410 g/mol. The molecule has 0 amide bonds. The fourth-order valence-electron chi connectivity index (χ4n) is 3.06. The van der Waals surface area contributed by atoms with Crippen molar-refractivity contribution in [1.29, 1.82) is 0 Å². The van der Waals surface area contributed by atoms with E-state index in [0.717, 1.165) is 44.5 Å². The highest BCUT2D eigenvalue weighted by molar-refractivity contribution is 14.0. The van der Waals surface area contributed by atoms with Crippen LogP contribution in [0.2, 0.25) is 0 Å². The van der Waals surface area contributed by atoms with Gasteiger partial charge in [-0.1, -0.05) is 6.92 Å².